The average Bonchev–Trinajstić information content (AvgIpc) is 2.72. The van der Waals surface area contributed by atoms with Crippen LogP contribution in [0.2, 0.25) is 5.02 Å². The van der Waals surface area contributed by atoms with Crippen molar-refractivity contribution in [2.45, 2.75) is 6.61 Å². The van der Waals surface area contributed by atoms with Crippen LogP contribution >= 0.6 is 27.5 Å². The molecule has 0 spiro atoms. The van der Waals surface area contributed by atoms with Gasteiger partial charge in [0.15, 0.2) is 11.5 Å². The van der Waals surface area contributed by atoms with Crippen LogP contribution in [0.1, 0.15) is 11.1 Å². The quantitative estimate of drug-likeness (QED) is 0.380. The highest BCUT2D eigenvalue weighted by Crippen LogP contribution is 2.36. The molecule has 3 rings (SSSR count). The van der Waals surface area contributed by atoms with Crippen molar-refractivity contribution in [3.8, 4) is 17.2 Å². The van der Waals surface area contributed by atoms with Gasteiger partial charge in [0.05, 0.1) is 24.9 Å². The molecule has 0 aromatic heterocycles. The third-order valence-corrected chi connectivity index (χ3v) is 4.79. The lowest BCUT2D eigenvalue weighted by Crippen LogP contribution is -1.99. The van der Waals surface area contributed by atoms with Crippen LogP contribution in [0.5, 0.6) is 17.2 Å². The minimum atomic E-state index is 0.392. The summed E-state index contributed by atoms with van der Waals surface area (Å²) < 4.78 is 17.5. The maximum absolute atomic E-state index is 6.44. The topological polar surface area (TPSA) is 40.0 Å². The van der Waals surface area contributed by atoms with E-state index in [9.17, 15) is 0 Å². The van der Waals surface area contributed by atoms with Gasteiger partial charge in [0.2, 0.25) is 0 Å². The number of hydrogen-bond donors (Lipinski definition) is 0. The van der Waals surface area contributed by atoms with Gasteiger partial charge in [0.25, 0.3) is 0 Å². The van der Waals surface area contributed by atoms with E-state index in [1.165, 1.54) is 0 Å². The summed E-state index contributed by atoms with van der Waals surface area (Å²) in [6.07, 6.45) is 1.73. The lowest BCUT2D eigenvalue weighted by atomic mass is 10.2. The first kappa shape index (κ1) is 20.2. The van der Waals surface area contributed by atoms with E-state index in [0.717, 1.165) is 27.0 Å². The molecule has 144 valence electrons. The summed E-state index contributed by atoms with van der Waals surface area (Å²) in [5.41, 5.74) is 2.66. The molecule has 3 aromatic rings. The Hall–Kier alpha value is -2.50. The molecule has 28 heavy (non-hydrogen) atoms. The van der Waals surface area contributed by atoms with Crippen molar-refractivity contribution in [2.75, 3.05) is 14.2 Å². The number of benzene rings is 3. The second-order valence-corrected chi connectivity index (χ2v) is 7.23. The van der Waals surface area contributed by atoms with Crippen molar-refractivity contribution < 1.29 is 14.2 Å². The molecular weight excluding hydrogens is 442 g/mol. The third kappa shape index (κ3) is 5.27. The maximum atomic E-state index is 6.44. The van der Waals surface area contributed by atoms with Gasteiger partial charge >= 0.3 is 0 Å². The number of ether oxygens (including phenoxy) is 3. The predicted molar refractivity (Wildman–Crippen MR) is 117 cm³/mol. The molecule has 0 aliphatic heterocycles. The lowest BCUT2D eigenvalue weighted by Gasteiger charge is -2.13. The summed E-state index contributed by atoms with van der Waals surface area (Å²) in [4.78, 5) is 4.46. The normalized spacial score (nSPS) is 10.9. The first-order chi connectivity index (χ1) is 13.6. The van der Waals surface area contributed by atoms with Crippen LogP contribution in [0.4, 0.5) is 5.69 Å². The summed E-state index contributed by atoms with van der Waals surface area (Å²) in [6.45, 7) is 0.392. The minimum absolute atomic E-state index is 0.392. The van der Waals surface area contributed by atoms with Gasteiger partial charge in [0.1, 0.15) is 12.4 Å². The lowest BCUT2D eigenvalue weighted by molar-refractivity contribution is 0.284. The van der Waals surface area contributed by atoms with Crippen LogP contribution in [0.3, 0.4) is 0 Å². The first-order valence-corrected chi connectivity index (χ1v) is 9.69. The van der Waals surface area contributed by atoms with E-state index in [1.54, 1.807) is 26.5 Å². The molecule has 0 amide bonds. The molecule has 0 saturated heterocycles. The SMILES string of the molecule is COc1ccc(N=Cc2cc(Cl)c(OCc3ccc(Br)cc3)c(OC)c2)cc1. The van der Waals surface area contributed by atoms with Gasteiger partial charge in [-0.05, 0) is 59.7 Å². The molecule has 4 nitrogen and oxygen atoms in total. The Morgan fingerprint density at radius 1 is 0.964 bits per heavy atom. The number of methoxy groups -OCH3 is 2. The zero-order valence-electron chi connectivity index (χ0n) is 15.5. The van der Waals surface area contributed by atoms with Gasteiger partial charge < -0.3 is 14.2 Å². The largest absolute Gasteiger partial charge is 0.497 e. The number of nitrogens with zero attached hydrogens (tertiary/aromatic N) is 1. The highest BCUT2D eigenvalue weighted by atomic mass is 79.9. The molecule has 0 atom stereocenters. The number of rotatable bonds is 7. The van der Waals surface area contributed by atoms with Crippen molar-refractivity contribution in [2.24, 2.45) is 4.99 Å². The van der Waals surface area contributed by atoms with E-state index in [4.69, 9.17) is 25.8 Å². The van der Waals surface area contributed by atoms with Crippen LogP contribution in [0.25, 0.3) is 0 Å². The number of hydrogen-bond acceptors (Lipinski definition) is 4. The van der Waals surface area contributed by atoms with Gasteiger partial charge in [-0.2, -0.15) is 0 Å². The summed E-state index contributed by atoms with van der Waals surface area (Å²) in [6, 6.07) is 19.0. The Kier molecular flexibility index (Phi) is 6.95. The zero-order valence-corrected chi connectivity index (χ0v) is 17.8. The number of halogens is 2. The smallest absolute Gasteiger partial charge is 0.180 e. The monoisotopic (exact) mass is 459 g/mol. The molecule has 6 heteroatoms. The maximum Gasteiger partial charge on any atom is 0.180 e. The zero-order chi connectivity index (χ0) is 19.9. The fourth-order valence-electron chi connectivity index (χ4n) is 2.51. The van der Waals surface area contributed by atoms with E-state index >= 15 is 0 Å². The Balaban J connectivity index is 1.76. The highest BCUT2D eigenvalue weighted by molar-refractivity contribution is 9.10. The summed E-state index contributed by atoms with van der Waals surface area (Å²) >= 11 is 9.86. The van der Waals surface area contributed by atoms with E-state index < -0.39 is 0 Å². The number of aliphatic imine (C=N–C) groups is 1. The third-order valence-electron chi connectivity index (χ3n) is 3.98. The standard InChI is InChI=1S/C22H19BrClNO3/c1-26-19-9-7-18(8-10-19)25-13-16-11-20(24)22(21(12-16)27-2)28-14-15-3-5-17(23)6-4-15/h3-13H,14H2,1-2H3. The highest BCUT2D eigenvalue weighted by Gasteiger charge is 2.12. The van der Waals surface area contributed by atoms with Gasteiger partial charge in [-0.25, -0.2) is 0 Å². The van der Waals surface area contributed by atoms with Crippen LogP contribution in [0.15, 0.2) is 70.1 Å². The molecule has 3 aromatic carbocycles. The van der Waals surface area contributed by atoms with Crippen molar-refractivity contribution in [3.05, 3.63) is 81.3 Å². The summed E-state index contributed by atoms with van der Waals surface area (Å²) in [5, 5.41) is 0.465. The van der Waals surface area contributed by atoms with Crippen LogP contribution in [-0.4, -0.2) is 20.4 Å². The Morgan fingerprint density at radius 3 is 2.32 bits per heavy atom. The molecule has 0 saturated carbocycles. The van der Waals surface area contributed by atoms with E-state index in [2.05, 4.69) is 20.9 Å². The second kappa shape index (κ2) is 9.62. The van der Waals surface area contributed by atoms with Crippen LogP contribution in [0, 0.1) is 0 Å². The van der Waals surface area contributed by atoms with Gasteiger partial charge in [0, 0.05) is 10.7 Å². The first-order valence-electron chi connectivity index (χ1n) is 8.52. The Morgan fingerprint density at radius 2 is 1.68 bits per heavy atom. The molecule has 0 radical (unpaired) electrons. The van der Waals surface area contributed by atoms with E-state index in [0.29, 0.717) is 23.1 Å². The summed E-state index contributed by atoms with van der Waals surface area (Å²) in [7, 11) is 3.22. The fraction of sp³-hybridized carbons (Fsp3) is 0.136. The molecule has 0 heterocycles. The van der Waals surface area contributed by atoms with Gasteiger partial charge in [-0.15, -0.1) is 0 Å². The average molecular weight is 461 g/mol. The van der Waals surface area contributed by atoms with E-state index in [1.807, 2.05) is 54.6 Å². The molecule has 0 aliphatic carbocycles. The molecule has 0 unspecified atom stereocenters. The van der Waals surface area contributed by atoms with Crippen molar-refractivity contribution in [3.63, 3.8) is 0 Å². The van der Waals surface area contributed by atoms with E-state index in [-0.39, 0.29) is 0 Å². The Labute approximate surface area is 177 Å². The van der Waals surface area contributed by atoms with Crippen LogP contribution < -0.4 is 14.2 Å². The molecule has 0 bridgehead atoms. The summed E-state index contributed by atoms with van der Waals surface area (Å²) in [5.74, 6) is 1.85. The Bertz CT molecular complexity index is 957. The van der Waals surface area contributed by atoms with Crippen molar-refractivity contribution >= 4 is 39.4 Å². The van der Waals surface area contributed by atoms with Gasteiger partial charge in [-0.1, -0.05) is 39.7 Å². The van der Waals surface area contributed by atoms with Crippen molar-refractivity contribution in [1.82, 2.24) is 0 Å². The molecule has 0 fully saturated rings. The van der Waals surface area contributed by atoms with Crippen molar-refractivity contribution in [1.29, 1.82) is 0 Å². The van der Waals surface area contributed by atoms with Crippen LogP contribution in [-0.2, 0) is 6.61 Å². The molecular formula is C22H19BrClNO3. The predicted octanol–water partition coefficient (Wildman–Crippen LogP) is 6.45. The van der Waals surface area contributed by atoms with Gasteiger partial charge in [-0.3, -0.25) is 4.99 Å². The minimum Gasteiger partial charge on any atom is -0.497 e. The molecule has 0 aliphatic rings. The molecule has 0 N–H and O–H groups in total. The second-order valence-electron chi connectivity index (χ2n) is 5.91. The fourth-order valence-corrected chi connectivity index (χ4v) is 3.05.